The van der Waals surface area contributed by atoms with Gasteiger partial charge in [0.25, 0.3) is 0 Å². The quantitative estimate of drug-likeness (QED) is 0.292. The van der Waals surface area contributed by atoms with E-state index in [1.54, 1.807) is 36.6 Å². The molecule has 1 atom stereocenters. The number of benzene rings is 3. The summed E-state index contributed by atoms with van der Waals surface area (Å²) in [5.74, 6) is 0.275. The summed E-state index contributed by atoms with van der Waals surface area (Å²) in [7, 11) is 1.58. The Morgan fingerprint density at radius 1 is 1.05 bits per heavy atom. The van der Waals surface area contributed by atoms with Gasteiger partial charge in [0.1, 0.15) is 12.4 Å². The number of hydrogen-bond donors (Lipinski definition) is 1. The number of carbonyl (C=O) groups excluding carboxylic acids is 1. The number of fused-ring (bicyclic) bond motifs is 1. The lowest BCUT2D eigenvalue weighted by Crippen LogP contribution is -2.52. The number of pyridine rings is 1. The van der Waals surface area contributed by atoms with Crippen LogP contribution in [0.3, 0.4) is 0 Å². The molecule has 3 aromatic carbocycles. The molecular weight excluding hydrogens is 548 g/mol. The second kappa shape index (κ2) is 11.9. The Hall–Kier alpha value is -4.62. The molecule has 0 bridgehead atoms. The summed E-state index contributed by atoms with van der Waals surface area (Å²) in [6.07, 6.45) is 3.54. The molecule has 6 rings (SSSR count). The van der Waals surface area contributed by atoms with E-state index in [9.17, 15) is 4.79 Å². The lowest BCUT2D eigenvalue weighted by atomic mass is 10.0. The first kappa shape index (κ1) is 26.6. The van der Waals surface area contributed by atoms with E-state index in [1.807, 2.05) is 54.6 Å². The second-order valence-corrected chi connectivity index (χ2v) is 9.59. The lowest BCUT2D eigenvalue weighted by molar-refractivity contribution is -0.279. The third-order valence-electron chi connectivity index (χ3n) is 6.59. The van der Waals surface area contributed by atoms with Crippen molar-refractivity contribution in [1.29, 1.82) is 0 Å². The van der Waals surface area contributed by atoms with Crippen LogP contribution in [-0.2, 0) is 20.9 Å². The van der Waals surface area contributed by atoms with Crippen LogP contribution < -0.4 is 15.1 Å². The number of nitrogens with zero attached hydrogens (tertiary/aromatic N) is 7. The fraction of sp³-hybridized carbons (Fsp3) is 0.179. The van der Waals surface area contributed by atoms with E-state index in [0.29, 0.717) is 34.4 Å². The first-order valence-corrected chi connectivity index (χ1v) is 13.1. The van der Waals surface area contributed by atoms with E-state index in [1.165, 1.54) is 16.1 Å². The predicted molar refractivity (Wildman–Crippen MR) is 151 cm³/mol. The fourth-order valence-corrected chi connectivity index (χ4v) is 4.75. The molecule has 208 valence electrons. The van der Waals surface area contributed by atoms with E-state index in [4.69, 9.17) is 26.0 Å². The zero-order chi connectivity index (χ0) is 28.2. The lowest BCUT2D eigenvalue weighted by Gasteiger charge is -2.38. The van der Waals surface area contributed by atoms with Crippen molar-refractivity contribution >= 4 is 39.7 Å². The molecule has 13 heteroatoms. The number of aromatic nitrogens is 5. The maximum Gasteiger partial charge on any atom is 0.244 e. The number of ether oxygens (including phenoxy) is 1. The van der Waals surface area contributed by atoms with Gasteiger partial charge in [0, 0.05) is 22.3 Å². The van der Waals surface area contributed by atoms with Crippen LogP contribution in [0, 0.1) is 0 Å². The van der Waals surface area contributed by atoms with Crippen LogP contribution in [-0.4, -0.2) is 62.8 Å². The van der Waals surface area contributed by atoms with Gasteiger partial charge in [-0.15, -0.1) is 10.2 Å². The zero-order valence-electron chi connectivity index (χ0n) is 21.9. The number of hydrogen-bond acceptors (Lipinski definition) is 10. The summed E-state index contributed by atoms with van der Waals surface area (Å²) in [6.45, 7) is -0.0239. The van der Waals surface area contributed by atoms with E-state index >= 15 is 0 Å². The van der Waals surface area contributed by atoms with E-state index in [0.717, 1.165) is 16.3 Å². The molecule has 41 heavy (non-hydrogen) atoms. The Labute approximate surface area is 239 Å². The molecule has 2 aromatic heterocycles. The molecular formula is C28H25ClN8O4. The molecule has 0 radical (unpaired) electrons. The zero-order valence-corrected chi connectivity index (χ0v) is 22.7. The van der Waals surface area contributed by atoms with Gasteiger partial charge in [0.15, 0.2) is 13.5 Å². The number of rotatable bonds is 8. The summed E-state index contributed by atoms with van der Waals surface area (Å²) >= 11 is 6.28. The van der Waals surface area contributed by atoms with Crippen LogP contribution in [0.25, 0.3) is 16.5 Å². The van der Waals surface area contributed by atoms with Crippen molar-refractivity contribution in [2.75, 3.05) is 31.0 Å². The largest absolute Gasteiger partial charge is 0.481 e. The molecule has 5 aromatic rings. The summed E-state index contributed by atoms with van der Waals surface area (Å²) in [5.41, 5.74) is 2.87. The van der Waals surface area contributed by atoms with Gasteiger partial charge in [-0.3, -0.25) is 14.5 Å². The maximum absolute atomic E-state index is 13.7. The Bertz CT molecular complexity index is 1650. The van der Waals surface area contributed by atoms with E-state index in [-0.39, 0.29) is 19.4 Å². The monoisotopic (exact) mass is 572 g/mol. The van der Waals surface area contributed by atoms with Crippen molar-refractivity contribution in [3.63, 3.8) is 0 Å². The Morgan fingerprint density at radius 3 is 2.68 bits per heavy atom. The van der Waals surface area contributed by atoms with Crippen molar-refractivity contribution in [2.24, 2.45) is 0 Å². The first-order valence-electron chi connectivity index (χ1n) is 12.7. The minimum absolute atomic E-state index is 0.00317. The number of nitrogens with one attached hydrogen (secondary N) is 1. The third-order valence-corrected chi connectivity index (χ3v) is 6.83. The fourth-order valence-electron chi connectivity index (χ4n) is 4.59. The molecule has 1 aliphatic heterocycles. The number of anilines is 2. The molecule has 0 spiro atoms. The van der Waals surface area contributed by atoms with Gasteiger partial charge in [-0.05, 0) is 70.3 Å². The predicted octanol–water partition coefficient (Wildman–Crippen LogP) is 4.02. The SMILES string of the molecule is COc1nccc2cc(NC(=O)C(Cc3ccccc3)N3CON(c4cc(Cl)ccc4-n4cnnn4)CO3)ccc12. The van der Waals surface area contributed by atoms with Crippen LogP contribution in [0.5, 0.6) is 5.88 Å². The normalized spacial score (nSPS) is 14.6. The number of hydroxylamine groups is 3. The van der Waals surface area contributed by atoms with Crippen LogP contribution in [0.4, 0.5) is 11.4 Å². The number of amides is 1. The smallest absolute Gasteiger partial charge is 0.244 e. The van der Waals surface area contributed by atoms with Gasteiger partial charge in [-0.2, -0.15) is 4.68 Å². The number of methoxy groups -OCH3 is 1. The number of carbonyl (C=O) groups is 1. The minimum atomic E-state index is -0.694. The van der Waals surface area contributed by atoms with Crippen LogP contribution in [0.15, 0.2) is 85.3 Å². The van der Waals surface area contributed by atoms with Gasteiger partial charge in [-0.1, -0.05) is 41.9 Å². The van der Waals surface area contributed by atoms with Crippen molar-refractivity contribution < 1.29 is 19.2 Å². The third kappa shape index (κ3) is 5.81. The number of halogens is 1. The van der Waals surface area contributed by atoms with Crippen LogP contribution in [0.1, 0.15) is 5.56 Å². The van der Waals surface area contributed by atoms with Gasteiger partial charge in [0.05, 0.1) is 18.5 Å². The van der Waals surface area contributed by atoms with Crippen molar-refractivity contribution in [3.8, 4) is 11.6 Å². The molecule has 12 nitrogen and oxygen atoms in total. The highest BCUT2D eigenvalue weighted by atomic mass is 35.5. The standard InChI is InChI=1S/C28H25ClN8O4/c1-39-28-23-9-8-22(14-20(23)11-12-30-28)32-27(38)26(13-19-5-3-2-4-6-19)37-18-40-36(17-41-37)25-15-21(29)7-10-24(25)35-16-31-33-34-35/h2-12,14-16,26H,13,17-18H2,1H3,(H,32,38). The van der Waals surface area contributed by atoms with Crippen molar-refractivity contribution in [1.82, 2.24) is 30.3 Å². The van der Waals surface area contributed by atoms with Crippen molar-refractivity contribution in [3.05, 3.63) is 95.9 Å². The van der Waals surface area contributed by atoms with Crippen molar-refractivity contribution in [2.45, 2.75) is 12.5 Å². The first-order chi connectivity index (χ1) is 20.1. The molecule has 1 unspecified atom stereocenters. The molecule has 1 fully saturated rings. The van der Waals surface area contributed by atoms with E-state index < -0.39 is 6.04 Å². The highest BCUT2D eigenvalue weighted by Gasteiger charge is 2.32. The highest BCUT2D eigenvalue weighted by Crippen LogP contribution is 2.30. The maximum atomic E-state index is 13.7. The summed E-state index contributed by atoms with van der Waals surface area (Å²) in [6, 6.07) is 21.7. The summed E-state index contributed by atoms with van der Waals surface area (Å²) < 4.78 is 6.85. The molecule has 1 N–H and O–H groups in total. The Kier molecular flexibility index (Phi) is 7.69. The van der Waals surface area contributed by atoms with E-state index in [2.05, 4.69) is 25.8 Å². The average Bonchev–Trinajstić information content (AvgIpc) is 3.55. The summed E-state index contributed by atoms with van der Waals surface area (Å²) in [4.78, 5) is 30.1. The average molecular weight is 573 g/mol. The van der Waals surface area contributed by atoms with Gasteiger partial charge in [-0.25, -0.2) is 10.0 Å². The molecule has 0 saturated carbocycles. The highest BCUT2D eigenvalue weighted by molar-refractivity contribution is 6.31. The minimum Gasteiger partial charge on any atom is -0.481 e. The van der Waals surface area contributed by atoms with Gasteiger partial charge >= 0.3 is 0 Å². The molecule has 1 aliphatic rings. The number of tetrazole rings is 1. The summed E-state index contributed by atoms with van der Waals surface area (Å²) in [5, 5.41) is 19.7. The second-order valence-electron chi connectivity index (χ2n) is 9.15. The van der Waals surface area contributed by atoms with Crippen LogP contribution in [0.2, 0.25) is 5.02 Å². The Balaban J connectivity index is 1.22. The Morgan fingerprint density at radius 2 is 1.93 bits per heavy atom. The van der Waals surface area contributed by atoms with Crippen LogP contribution >= 0.6 is 11.6 Å². The van der Waals surface area contributed by atoms with Gasteiger partial charge in [0.2, 0.25) is 11.8 Å². The molecule has 3 heterocycles. The molecule has 1 amide bonds. The topological polar surface area (TPSA) is 120 Å². The van der Waals surface area contributed by atoms with Gasteiger partial charge < -0.3 is 10.1 Å². The molecule has 0 aliphatic carbocycles. The molecule has 1 saturated heterocycles.